The Morgan fingerprint density at radius 1 is 1.33 bits per heavy atom. The zero-order valence-corrected chi connectivity index (χ0v) is 12.2. The van der Waals surface area contributed by atoms with E-state index in [1.165, 1.54) is 12.8 Å². The summed E-state index contributed by atoms with van der Waals surface area (Å²) < 4.78 is 0. The van der Waals surface area contributed by atoms with Crippen molar-refractivity contribution in [2.75, 3.05) is 6.54 Å². The average Bonchev–Trinajstić information content (AvgIpc) is 3.13. The molecule has 0 spiro atoms. The van der Waals surface area contributed by atoms with E-state index in [-0.39, 0.29) is 18.1 Å². The number of carbonyl (C=O) groups excluding carboxylic acids is 1. The third kappa shape index (κ3) is 2.27. The van der Waals surface area contributed by atoms with Crippen molar-refractivity contribution < 1.29 is 9.90 Å². The van der Waals surface area contributed by atoms with Crippen molar-refractivity contribution >= 4 is 5.91 Å². The lowest BCUT2D eigenvalue weighted by Crippen LogP contribution is -2.55. The van der Waals surface area contributed by atoms with Crippen molar-refractivity contribution in [3.05, 3.63) is 18.2 Å². The second kappa shape index (κ2) is 5.13. The van der Waals surface area contributed by atoms with E-state index < -0.39 is 0 Å². The van der Waals surface area contributed by atoms with Gasteiger partial charge in [0.2, 0.25) is 5.91 Å². The predicted octanol–water partition coefficient (Wildman–Crippen LogP) is 1.67. The number of piperidine rings is 1. The van der Waals surface area contributed by atoms with Crippen molar-refractivity contribution in [1.82, 2.24) is 14.9 Å². The molecule has 1 aromatic rings. The van der Waals surface area contributed by atoms with Crippen LogP contribution in [0.4, 0.5) is 0 Å². The first kappa shape index (κ1) is 13.3. The maximum Gasteiger partial charge on any atom is 0.226 e. The number of carbonyl (C=O) groups is 1. The first-order chi connectivity index (χ1) is 10.3. The van der Waals surface area contributed by atoms with E-state index in [9.17, 15) is 9.90 Å². The molecule has 0 radical (unpaired) electrons. The van der Waals surface area contributed by atoms with Gasteiger partial charge in [-0.25, -0.2) is 4.98 Å². The van der Waals surface area contributed by atoms with Gasteiger partial charge in [0.25, 0.3) is 0 Å². The highest BCUT2D eigenvalue weighted by molar-refractivity contribution is 5.83. The minimum atomic E-state index is -0.207. The fourth-order valence-corrected chi connectivity index (χ4v) is 4.39. The molecule has 1 saturated heterocycles. The second-order valence-corrected chi connectivity index (χ2v) is 6.86. The molecule has 21 heavy (non-hydrogen) atoms. The number of aliphatic hydroxyl groups is 1. The lowest BCUT2D eigenvalue weighted by atomic mass is 9.76. The second-order valence-electron chi connectivity index (χ2n) is 6.86. The van der Waals surface area contributed by atoms with Crippen molar-refractivity contribution in [3.8, 4) is 0 Å². The Balaban J connectivity index is 1.47. The van der Waals surface area contributed by atoms with Gasteiger partial charge >= 0.3 is 0 Å². The zero-order chi connectivity index (χ0) is 14.4. The number of rotatable bonds is 2. The molecule has 2 saturated carbocycles. The summed E-state index contributed by atoms with van der Waals surface area (Å²) in [5.41, 5.74) is 1.09. The summed E-state index contributed by atoms with van der Waals surface area (Å²) in [6, 6.07) is 0.276. The summed E-state index contributed by atoms with van der Waals surface area (Å²) in [7, 11) is 0. The van der Waals surface area contributed by atoms with Crippen LogP contribution in [-0.2, 0) is 4.79 Å². The van der Waals surface area contributed by atoms with Crippen LogP contribution in [0.25, 0.3) is 0 Å². The summed E-state index contributed by atoms with van der Waals surface area (Å²) in [6.45, 7) is 0.730. The normalized spacial score (nSPS) is 38.9. The largest absolute Gasteiger partial charge is 0.393 e. The molecule has 3 unspecified atom stereocenters. The van der Waals surface area contributed by atoms with Gasteiger partial charge in [-0.2, -0.15) is 0 Å². The van der Waals surface area contributed by atoms with E-state index in [1.807, 2.05) is 6.20 Å². The van der Waals surface area contributed by atoms with Crippen LogP contribution in [0.15, 0.2) is 12.5 Å². The molecule has 2 aliphatic carbocycles. The van der Waals surface area contributed by atoms with Crippen molar-refractivity contribution in [3.63, 3.8) is 0 Å². The monoisotopic (exact) mass is 289 g/mol. The van der Waals surface area contributed by atoms with Crippen LogP contribution >= 0.6 is 0 Å². The van der Waals surface area contributed by atoms with Gasteiger partial charge in [0.1, 0.15) is 0 Å². The van der Waals surface area contributed by atoms with Crippen LogP contribution in [0.2, 0.25) is 0 Å². The first-order valence-corrected chi connectivity index (χ1v) is 8.22. The van der Waals surface area contributed by atoms with Gasteiger partial charge in [-0.3, -0.25) is 4.79 Å². The number of hydrogen-bond donors (Lipinski definition) is 2. The highest BCUT2D eigenvalue weighted by Crippen LogP contribution is 2.49. The average molecular weight is 289 g/mol. The Hall–Kier alpha value is -1.36. The Morgan fingerprint density at radius 3 is 3.00 bits per heavy atom. The number of likely N-dealkylation sites (tertiary alicyclic amines) is 1. The molecule has 0 aromatic carbocycles. The van der Waals surface area contributed by atoms with E-state index in [4.69, 9.17) is 0 Å². The SMILES string of the molecule is O=C([C@@H]1C[C@H]1c1cnc[nH]1)N1CCC(O)C2CCCCC21. The quantitative estimate of drug-likeness (QED) is 0.870. The number of nitrogens with zero attached hydrogens (tertiary/aromatic N) is 2. The van der Waals surface area contributed by atoms with Crippen LogP contribution in [-0.4, -0.2) is 44.6 Å². The molecule has 5 heteroatoms. The van der Waals surface area contributed by atoms with Crippen molar-refractivity contribution in [1.29, 1.82) is 0 Å². The van der Waals surface area contributed by atoms with Gasteiger partial charge in [-0.15, -0.1) is 0 Å². The Bertz CT molecular complexity index is 516. The van der Waals surface area contributed by atoms with E-state index in [2.05, 4.69) is 14.9 Å². The summed E-state index contributed by atoms with van der Waals surface area (Å²) in [5, 5.41) is 10.2. The van der Waals surface area contributed by atoms with Crippen LogP contribution in [0, 0.1) is 11.8 Å². The van der Waals surface area contributed by atoms with Gasteiger partial charge in [-0.05, 0) is 25.7 Å². The number of fused-ring (bicyclic) bond motifs is 1. The van der Waals surface area contributed by atoms with Crippen LogP contribution in [0.1, 0.15) is 50.1 Å². The molecule has 1 amide bonds. The van der Waals surface area contributed by atoms with Crippen LogP contribution < -0.4 is 0 Å². The Kier molecular flexibility index (Phi) is 3.25. The lowest BCUT2D eigenvalue weighted by molar-refractivity contribution is -0.143. The third-order valence-corrected chi connectivity index (χ3v) is 5.65. The molecule has 2 N–H and O–H groups in total. The van der Waals surface area contributed by atoms with Gasteiger partial charge in [0, 0.05) is 42.2 Å². The van der Waals surface area contributed by atoms with E-state index in [0.29, 0.717) is 17.7 Å². The number of imidazole rings is 1. The van der Waals surface area contributed by atoms with Gasteiger partial charge in [-0.1, -0.05) is 12.8 Å². The van der Waals surface area contributed by atoms with Gasteiger partial charge < -0.3 is 15.0 Å². The van der Waals surface area contributed by atoms with Crippen LogP contribution in [0.5, 0.6) is 0 Å². The number of hydrogen-bond acceptors (Lipinski definition) is 3. The number of aromatic amines is 1. The van der Waals surface area contributed by atoms with E-state index in [0.717, 1.165) is 37.9 Å². The fraction of sp³-hybridized carbons (Fsp3) is 0.750. The fourth-order valence-electron chi connectivity index (χ4n) is 4.39. The number of H-pyrrole nitrogens is 1. The topological polar surface area (TPSA) is 69.2 Å². The number of aliphatic hydroxyl groups excluding tert-OH is 1. The van der Waals surface area contributed by atoms with Gasteiger partial charge in [0.15, 0.2) is 0 Å². The smallest absolute Gasteiger partial charge is 0.226 e. The van der Waals surface area contributed by atoms with E-state index >= 15 is 0 Å². The molecular weight excluding hydrogens is 266 g/mol. The third-order valence-electron chi connectivity index (χ3n) is 5.65. The number of amides is 1. The highest BCUT2D eigenvalue weighted by Gasteiger charge is 2.50. The van der Waals surface area contributed by atoms with Gasteiger partial charge in [0.05, 0.1) is 12.4 Å². The van der Waals surface area contributed by atoms with Crippen LogP contribution in [0.3, 0.4) is 0 Å². The molecule has 1 aliphatic heterocycles. The molecule has 2 heterocycles. The molecule has 5 atom stereocenters. The molecule has 3 aliphatic rings. The maximum atomic E-state index is 12.8. The maximum absolute atomic E-state index is 12.8. The predicted molar refractivity (Wildman–Crippen MR) is 77.5 cm³/mol. The molecule has 3 fully saturated rings. The highest BCUT2D eigenvalue weighted by atomic mass is 16.3. The lowest BCUT2D eigenvalue weighted by Gasteiger charge is -2.46. The molecule has 0 bridgehead atoms. The Labute approximate surface area is 124 Å². The number of aromatic nitrogens is 2. The minimum Gasteiger partial charge on any atom is -0.393 e. The summed E-state index contributed by atoms with van der Waals surface area (Å²) >= 11 is 0. The minimum absolute atomic E-state index is 0.128. The molecule has 4 rings (SSSR count). The Morgan fingerprint density at radius 2 is 2.19 bits per heavy atom. The summed E-state index contributed by atoms with van der Waals surface area (Å²) in [5.74, 6) is 1.07. The zero-order valence-electron chi connectivity index (χ0n) is 12.2. The first-order valence-electron chi connectivity index (χ1n) is 8.22. The molecule has 114 valence electrons. The summed E-state index contributed by atoms with van der Waals surface area (Å²) in [6.07, 6.45) is 9.52. The van der Waals surface area contributed by atoms with E-state index in [1.54, 1.807) is 6.33 Å². The van der Waals surface area contributed by atoms with Crippen molar-refractivity contribution in [2.45, 2.75) is 56.6 Å². The summed E-state index contributed by atoms with van der Waals surface area (Å²) in [4.78, 5) is 22.1. The molecule has 5 nitrogen and oxygen atoms in total. The molecular formula is C16H23N3O2. The van der Waals surface area contributed by atoms with Crippen molar-refractivity contribution in [2.24, 2.45) is 11.8 Å². The standard InChI is InChI=1S/C16H23N3O2/c20-15-5-6-19(14-4-2-1-3-10(14)15)16(21)12-7-11(12)13-8-17-9-18-13/h8-12,14-15,20H,1-7H2,(H,17,18)/t10?,11-,12-,14?,15?/m1/s1. The number of nitrogens with one attached hydrogen (secondary N) is 1. The molecule has 1 aromatic heterocycles.